The summed E-state index contributed by atoms with van der Waals surface area (Å²) >= 11 is 5.93. The predicted octanol–water partition coefficient (Wildman–Crippen LogP) is 1.69. The first-order chi connectivity index (χ1) is 9.56. The summed E-state index contributed by atoms with van der Waals surface area (Å²) in [7, 11) is 0. The van der Waals surface area contributed by atoms with Crippen molar-refractivity contribution in [3.63, 3.8) is 0 Å². The largest absolute Gasteiger partial charge is 0.465 e. The van der Waals surface area contributed by atoms with E-state index in [9.17, 15) is 9.59 Å². The van der Waals surface area contributed by atoms with Gasteiger partial charge in [0.05, 0.1) is 10.5 Å². The van der Waals surface area contributed by atoms with Crippen LogP contribution in [0.4, 0.5) is 4.79 Å². The zero-order valence-electron chi connectivity index (χ0n) is 10.5. The number of nitrogens with one attached hydrogen (secondary N) is 1. The number of hydrogen-bond donors (Lipinski definition) is 2. The van der Waals surface area contributed by atoms with E-state index < -0.39 is 6.09 Å². The first kappa shape index (κ1) is 13.0. The van der Waals surface area contributed by atoms with Gasteiger partial charge in [0.25, 0.3) is 0 Å². The number of piperidine rings is 1. The number of aromatic amines is 1. The minimum atomic E-state index is -0.917. The third-order valence-corrected chi connectivity index (χ3v) is 3.84. The molecule has 0 unspecified atom stereocenters. The van der Waals surface area contributed by atoms with E-state index >= 15 is 0 Å². The number of carboxylic acid groups (broad SMARTS) is 1. The first-order valence-corrected chi connectivity index (χ1v) is 6.67. The van der Waals surface area contributed by atoms with Crippen LogP contribution < -0.4 is 5.69 Å². The highest BCUT2D eigenvalue weighted by molar-refractivity contribution is 6.31. The highest BCUT2D eigenvalue weighted by atomic mass is 35.5. The summed E-state index contributed by atoms with van der Waals surface area (Å²) in [5.74, 6) is 0. The molecule has 106 valence electrons. The molecule has 1 fully saturated rings. The number of halogens is 1. The molecule has 0 bridgehead atoms. The van der Waals surface area contributed by atoms with Gasteiger partial charge in [-0.15, -0.1) is 0 Å². The molecule has 0 spiro atoms. The van der Waals surface area contributed by atoms with Crippen molar-refractivity contribution in [1.82, 2.24) is 19.4 Å². The molecule has 1 aliphatic heterocycles. The van der Waals surface area contributed by atoms with E-state index in [1.807, 2.05) is 0 Å². The molecule has 3 rings (SSSR count). The molecule has 2 aromatic rings. The maximum absolute atomic E-state index is 12.1. The Labute approximate surface area is 118 Å². The van der Waals surface area contributed by atoms with Crippen molar-refractivity contribution in [2.24, 2.45) is 0 Å². The Balaban J connectivity index is 1.95. The summed E-state index contributed by atoms with van der Waals surface area (Å²) in [6.07, 6.45) is 1.77. The average molecular weight is 297 g/mol. The number of hydrogen-bond acceptors (Lipinski definition) is 3. The van der Waals surface area contributed by atoms with E-state index in [-0.39, 0.29) is 11.7 Å². The van der Waals surface area contributed by atoms with Crippen molar-refractivity contribution in [2.45, 2.75) is 18.9 Å². The standard InChI is InChI=1S/C12H13ClN4O3/c13-7-5-9-10(14-6-7)15-11(18)17(9)8-1-3-16(4-2-8)12(19)20/h5-6,8H,1-4H2,(H,19,20)(H,14,15,18). The Morgan fingerprint density at radius 3 is 2.80 bits per heavy atom. The van der Waals surface area contributed by atoms with Gasteiger partial charge in [0.2, 0.25) is 0 Å². The van der Waals surface area contributed by atoms with Crippen molar-refractivity contribution < 1.29 is 9.90 Å². The SMILES string of the molecule is O=C(O)N1CCC(n2c(=O)[nH]c3ncc(Cl)cc32)CC1. The fourth-order valence-corrected chi connectivity index (χ4v) is 2.81. The van der Waals surface area contributed by atoms with E-state index in [1.54, 1.807) is 10.6 Å². The van der Waals surface area contributed by atoms with Gasteiger partial charge in [-0.3, -0.25) is 9.55 Å². The molecule has 0 atom stereocenters. The smallest absolute Gasteiger partial charge is 0.407 e. The van der Waals surface area contributed by atoms with Crippen LogP contribution in [0, 0.1) is 0 Å². The molecule has 7 nitrogen and oxygen atoms in total. The molecule has 8 heteroatoms. The molecule has 1 aliphatic rings. The molecular weight excluding hydrogens is 284 g/mol. The summed E-state index contributed by atoms with van der Waals surface area (Å²) in [5.41, 5.74) is 0.930. The van der Waals surface area contributed by atoms with Crippen LogP contribution in [-0.4, -0.2) is 43.7 Å². The minimum absolute atomic E-state index is 0.0351. The second-order valence-corrected chi connectivity index (χ2v) is 5.26. The number of rotatable bonds is 1. The Morgan fingerprint density at radius 2 is 2.15 bits per heavy atom. The van der Waals surface area contributed by atoms with Gasteiger partial charge in [-0.1, -0.05) is 11.6 Å². The number of aromatic nitrogens is 3. The normalized spacial score (nSPS) is 16.8. The second-order valence-electron chi connectivity index (χ2n) is 4.82. The van der Waals surface area contributed by atoms with Crippen molar-refractivity contribution in [1.29, 1.82) is 0 Å². The zero-order chi connectivity index (χ0) is 14.3. The van der Waals surface area contributed by atoms with Crippen LogP contribution in [0.2, 0.25) is 5.02 Å². The molecule has 1 saturated heterocycles. The molecule has 0 aliphatic carbocycles. The highest BCUT2D eigenvalue weighted by Crippen LogP contribution is 2.25. The van der Waals surface area contributed by atoms with Crippen molar-refractivity contribution >= 4 is 28.9 Å². The monoisotopic (exact) mass is 296 g/mol. The number of nitrogens with zero attached hydrogens (tertiary/aromatic N) is 3. The van der Waals surface area contributed by atoms with Crippen LogP contribution in [-0.2, 0) is 0 Å². The third-order valence-electron chi connectivity index (χ3n) is 3.64. The van der Waals surface area contributed by atoms with Crippen molar-refractivity contribution in [2.75, 3.05) is 13.1 Å². The topological polar surface area (TPSA) is 91.2 Å². The highest BCUT2D eigenvalue weighted by Gasteiger charge is 2.25. The van der Waals surface area contributed by atoms with Crippen LogP contribution in [0.5, 0.6) is 0 Å². The number of pyridine rings is 1. The molecule has 0 aromatic carbocycles. The second kappa shape index (κ2) is 4.82. The maximum Gasteiger partial charge on any atom is 0.407 e. The zero-order valence-corrected chi connectivity index (χ0v) is 11.3. The van der Waals surface area contributed by atoms with Crippen molar-refractivity contribution in [3.8, 4) is 0 Å². The van der Waals surface area contributed by atoms with Crippen molar-refractivity contribution in [3.05, 3.63) is 27.8 Å². The Bertz CT molecular complexity index is 715. The van der Waals surface area contributed by atoms with Gasteiger partial charge in [-0.25, -0.2) is 14.6 Å². The summed E-state index contributed by atoms with van der Waals surface area (Å²) in [5, 5.41) is 9.41. The first-order valence-electron chi connectivity index (χ1n) is 6.30. The third kappa shape index (κ3) is 2.14. The van der Waals surface area contributed by atoms with Gasteiger partial charge >= 0.3 is 11.8 Å². The molecular formula is C12H13ClN4O3. The summed E-state index contributed by atoms with van der Waals surface area (Å²) in [4.78, 5) is 31.1. The molecule has 3 heterocycles. The van der Waals surface area contributed by atoms with Gasteiger partial charge in [0.15, 0.2) is 5.65 Å². The molecule has 20 heavy (non-hydrogen) atoms. The summed E-state index contributed by atoms with van der Waals surface area (Å²) in [6, 6.07) is 1.66. The quantitative estimate of drug-likeness (QED) is 0.838. The van der Waals surface area contributed by atoms with Crippen LogP contribution >= 0.6 is 11.6 Å². The fraction of sp³-hybridized carbons (Fsp3) is 0.417. The van der Waals surface area contributed by atoms with E-state index in [0.29, 0.717) is 42.1 Å². The van der Waals surface area contributed by atoms with Gasteiger partial charge in [-0.05, 0) is 18.9 Å². The Morgan fingerprint density at radius 1 is 1.45 bits per heavy atom. The molecule has 0 radical (unpaired) electrons. The lowest BCUT2D eigenvalue weighted by Crippen LogP contribution is -2.39. The molecule has 0 saturated carbocycles. The number of carbonyl (C=O) groups is 1. The molecule has 2 N–H and O–H groups in total. The number of amides is 1. The van der Waals surface area contributed by atoms with Gasteiger partial charge in [0, 0.05) is 25.3 Å². The number of imidazole rings is 1. The van der Waals surface area contributed by atoms with Crippen LogP contribution in [0.3, 0.4) is 0 Å². The van der Waals surface area contributed by atoms with Gasteiger partial charge in [0.1, 0.15) is 0 Å². The van der Waals surface area contributed by atoms with Gasteiger partial charge < -0.3 is 10.0 Å². The number of likely N-dealkylation sites (tertiary alicyclic amines) is 1. The maximum atomic E-state index is 12.1. The predicted molar refractivity (Wildman–Crippen MR) is 73.2 cm³/mol. The van der Waals surface area contributed by atoms with Crippen LogP contribution in [0.15, 0.2) is 17.1 Å². The van der Waals surface area contributed by atoms with Gasteiger partial charge in [-0.2, -0.15) is 0 Å². The van der Waals surface area contributed by atoms with Crippen LogP contribution in [0.1, 0.15) is 18.9 Å². The van der Waals surface area contributed by atoms with E-state index in [0.717, 1.165) is 0 Å². The van der Waals surface area contributed by atoms with E-state index in [4.69, 9.17) is 16.7 Å². The van der Waals surface area contributed by atoms with Crippen LogP contribution in [0.25, 0.3) is 11.2 Å². The van der Waals surface area contributed by atoms with E-state index in [1.165, 1.54) is 11.1 Å². The minimum Gasteiger partial charge on any atom is -0.465 e. The average Bonchev–Trinajstić information content (AvgIpc) is 2.74. The Kier molecular flexibility index (Phi) is 3.13. The fourth-order valence-electron chi connectivity index (χ4n) is 2.66. The van der Waals surface area contributed by atoms with E-state index in [2.05, 4.69) is 9.97 Å². The Hall–Kier alpha value is -2.02. The number of H-pyrrole nitrogens is 1. The lowest BCUT2D eigenvalue weighted by Gasteiger charge is -2.30. The summed E-state index contributed by atoms with van der Waals surface area (Å²) < 4.78 is 1.63. The summed E-state index contributed by atoms with van der Waals surface area (Å²) in [6.45, 7) is 0.847. The molecule has 2 aromatic heterocycles. The number of fused-ring (bicyclic) bond motifs is 1. The lowest BCUT2D eigenvalue weighted by molar-refractivity contribution is 0.125. The lowest BCUT2D eigenvalue weighted by atomic mass is 10.1. The molecule has 1 amide bonds.